The van der Waals surface area contributed by atoms with Crippen molar-refractivity contribution in [1.29, 1.82) is 0 Å². The van der Waals surface area contributed by atoms with Gasteiger partial charge in [-0.3, -0.25) is 4.79 Å². The molecule has 0 radical (unpaired) electrons. The Morgan fingerprint density at radius 3 is 2.61 bits per heavy atom. The number of amides is 3. The third-order valence-electron chi connectivity index (χ3n) is 6.52. The summed E-state index contributed by atoms with van der Waals surface area (Å²) in [5, 5.41) is 11.3. The van der Waals surface area contributed by atoms with Gasteiger partial charge in [0.25, 0.3) is 0 Å². The number of urea groups is 1. The number of aromatic nitrogens is 2. The van der Waals surface area contributed by atoms with Gasteiger partial charge in [-0.05, 0) is 29.5 Å². The molecule has 0 bridgehead atoms. The van der Waals surface area contributed by atoms with Gasteiger partial charge in [-0.1, -0.05) is 32.9 Å². The number of likely N-dealkylation sites (tertiary alicyclic amines) is 2. The number of ether oxygens (including phenoxy) is 1. The normalized spacial score (nSPS) is 23.7. The summed E-state index contributed by atoms with van der Waals surface area (Å²) in [5.41, 5.74) is 2.19. The lowest BCUT2D eigenvalue weighted by atomic mass is 9.91. The van der Waals surface area contributed by atoms with E-state index in [1.807, 2.05) is 21.9 Å². The quantitative estimate of drug-likeness (QED) is 0.766. The van der Waals surface area contributed by atoms with Crippen molar-refractivity contribution in [3.63, 3.8) is 0 Å². The fourth-order valence-electron chi connectivity index (χ4n) is 4.71. The Labute approximate surface area is 193 Å². The second kappa shape index (κ2) is 8.44. The Morgan fingerprint density at radius 1 is 1.12 bits per heavy atom. The van der Waals surface area contributed by atoms with E-state index in [0.717, 1.165) is 18.4 Å². The van der Waals surface area contributed by atoms with Gasteiger partial charge in [0.05, 0.1) is 12.1 Å². The van der Waals surface area contributed by atoms with E-state index in [4.69, 9.17) is 9.15 Å². The summed E-state index contributed by atoms with van der Waals surface area (Å²) >= 11 is 0. The van der Waals surface area contributed by atoms with Gasteiger partial charge in [-0.2, -0.15) is 0 Å². The lowest BCUT2D eigenvalue weighted by Gasteiger charge is -2.46. The Hall–Kier alpha value is -2.94. The van der Waals surface area contributed by atoms with Crippen LogP contribution in [0.2, 0.25) is 0 Å². The zero-order valence-corrected chi connectivity index (χ0v) is 19.4. The van der Waals surface area contributed by atoms with Crippen LogP contribution in [0, 0.1) is 5.41 Å². The topological polar surface area (TPSA) is 101 Å². The number of carbonyl (C=O) groups excluding carboxylic acids is 2. The molecule has 0 spiro atoms. The summed E-state index contributed by atoms with van der Waals surface area (Å²) in [4.78, 5) is 28.2. The van der Waals surface area contributed by atoms with Crippen molar-refractivity contribution in [2.75, 3.05) is 32.8 Å². The predicted molar refractivity (Wildman–Crippen MR) is 120 cm³/mol. The summed E-state index contributed by atoms with van der Waals surface area (Å²) < 4.78 is 11.4. The van der Waals surface area contributed by atoms with Gasteiger partial charge in [0.1, 0.15) is 6.61 Å². The van der Waals surface area contributed by atoms with Crippen LogP contribution in [0.25, 0.3) is 11.5 Å². The van der Waals surface area contributed by atoms with Gasteiger partial charge in [0, 0.05) is 44.1 Å². The van der Waals surface area contributed by atoms with Crippen molar-refractivity contribution in [1.82, 2.24) is 25.3 Å². The Morgan fingerprint density at radius 2 is 1.88 bits per heavy atom. The van der Waals surface area contributed by atoms with E-state index < -0.39 is 0 Å². The number of fused-ring (bicyclic) bond motifs is 1. The van der Waals surface area contributed by atoms with Gasteiger partial charge >= 0.3 is 6.03 Å². The van der Waals surface area contributed by atoms with Gasteiger partial charge in [-0.15, -0.1) is 10.2 Å². The third-order valence-corrected chi connectivity index (χ3v) is 6.52. The lowest BCUT2D eigenvalue weighted by Crippen LogP contribution is -2.63. The molecule has 1 aromatic carbocycles. The van der Waals surface area contributed by atoms with Crippen LogP contribution in [0.4, 0.5) is 4.79 Å². The number of nitrogens with zero attached hydrogens (tertiary/aromatic N) is 4. The minimum atomic E-state index is -0.109. The van der Waals surface area contributed by atoms with Crippen LogP contribution in [0.15, 0.2) is 28.7 Å². The predicted octanol–water partition coefficient (Wildman–Crippen LogP) is 2.43. The van der Waals surface area contributed by atoms with Gasteiger partial charge in [0.15, 0.2) is 0 Å². The number of benzene rings is 1. The molecule has 3 aliphatic rings. The second-order valence-corrected chi connectivity index (χ2v) is 10.5. The summed E-state index contributed by atoms with van der Waals surface area (Å²) in [7, 11) is 0. The summed E-state index contributed by atoms with van der Waals surface area (Å²) in [6.45, 7) is 9.10. The Kier molecular flexibility index (Phi) is 5.60. The number of carbonyl (C=O) groups is 2. The maximum Gasteiger partial charge on any atom is 0.320 e. The lowest BCUT2D eigenvalue weighted by molar-refractivity contribution is -0.139. The molecule has 2 atom stereocenters. The highest BCUT2D eigenvalue weighted by atomic mass is 16.5. The van der Waals surface area contributed by atoms with E-state index in [0.29, 0.717) is 43.9 Å². The second-order valence-electron chi connectivity index (χ2n) is 10.5. The smallest absolute Gasteiger partial charge is 0.320 e. The maximum absolute atomic E-state index is 12.9. The van der Waals surface area contributed by atoms with Crippen molar-refractivity contribution in [3.05, 3.63) is 35.7 Å². The molecule has 3 amide bonds. The van der Waals surface area contributed by atoms with E-state index >= 15 is 0 Å². The van der Waals surface area contributed by atoms with Crippen LogP contribution in [-0.4, -0.2) is 76.9 Å². The molecule has 5 rings (SSSR count). The molecule has 1 aromatic heterocycles. The minimum absolute atomic E-state index is 0.0118. The minimum Gasteiger partial charge on any atom is -0.421 e. The first-order valence-electron chi connectivity index (χ1n) is 11.6. The first-order chi connectivity index (χ1) is 15.7. The van der Waals surface area contributed by atoms with Crippen LogP contribution in [-0.2, 0) is 16.0 Å². The molecular weight excluding hydrogens is 422 g/mol. The van der Waals surface area contributed by atoms with Crippen LogP contribution >= 0.6 is 0 Å². The molecule has 3 saturated heterocycles. The van der Waals surface area contributed by atoms with Crippen molar-refractivity contribution in [2.24, 2.45) is 5.41 Å². The highest BCUT2D eigenvalue weighted by molar-refractivity contribution is 5.79. The highest BCUT2D eigenvalue weighted by Gasteiger charge is 2.40. The fourth-order valence-corrected chi connectivity index (χ4v) is 4.71. The molecule has 176 valence electrons. The Balaban J connectivity index is 1.15. The average molecular weight is 454 g/mol. The summed E-state index contributed by atoms with van der Waals surface area (Å²) in [6, 6.07) is 8.10. The van der Waals surface area contributed by atoms with E-state index in [9.17, 15) is 9.59 Å². The molecule has 3 fully saturated rings. The SMILES string of the molecule is CC(C)(C)Cc1nnc(-c2ccc(C3CN(C(=O)N4CC[C@@H]5OCC(=O)NC5C4)C3)cc2)o1. The van der Waals surface area contributed by atoms with Gasteiger partial charge in [-0.25, -0.2) is 4.79 Å². The molecular formula is C24H31N5O4. The van der Waals surface area contributed by atoms with Crippen molar-refractivity contribution >= 4 is 11.9 Å². The number of morpholine rings is 1. The van der Waals surface area contributed by atoms with E-state index in [2.05, 4.69) is 48.4 Å². The average Bonchev–Trinajstić information content (AvgIpc) is 3.19. The van der Waals surface area contributed by atoms with E-state index in [1.165, 1.54) is 5.56 Å². The zero-order chi connectivity index (χ0) is 23.2. The molecule has 9 heteroatoms. The molecule has 2 aromatic rings. The number of piperidine rings is 1. The number of rotatable bonds is 3. The van der Waals surface area contributed by atoms with Crippen molar-refractivity contribution in [2.45, 2.75) is 51.7 Å². The first-order valence-corrected chi connectivity index (χ1v) is 11.6. The molecule has 4 heterocycles. The number of hydrogen-bond acceptors (Lipinski definition) is 6. The van der Waals surface area contributed by atoms with Gasteiger partial charge in [0.2, 0.25) is 17.7 Å². The van der Waals surface area contributed by atoms with Crippen LogP contribution in [0.5, 0.6) is 0 Å². The largest absolute Gasteiger partial charge is 0.421 e. The van der Waals surface area contributed by atoms with E-state index in [-0.39, 0.29) is 36.1 Å². The maximum atomic E-state index is 12.9. The third kappa shape index (κ3) is 4.73. The van der Waals surface area contributed by atoms with Gasteiger partial charge < -0.3 is 24.3 Å². The first kappa shape index (κ1) is 21.9. The molecule has 33 heavy (non-hydrogen) atoms. The Bertz CT molecular complexity index is 1020. The standard InChI is InChI=1S/C24H31N5O4/c1-24(2,3)10-21-26-27-22(33-21)16-6-4-15(5-7-16)17-11-29(12-17)23(31)28-9-8-19-18(13-28)25-20(30)14-32-19/h4-7,17-19H,8-14H2,1-3H3,(H,25,30)/t18?,19-/m0/s1. The van der Waals surface area contributed by atoms with Crippen LogP contribution in [0.1, 0.15) is 44.6 Å². The van der Waals surface area contributed by atoms with Crippen molar-refractivity contribution < 1.29 is 18.7 Å². The number of nitrogens with one attached hydrogen (secondary N) is 1. The summed E-state index contributed by atoms with van der Waals surface area (Å²) in [6.07, 6.45) is 1.50. The number of hydrogen-bond donors (Lipinski definition) is 1. The molecule has 0 saturated carbocycles. The van der Waals surface area contributed by atoms with E-state index in [1.54, 1.807) is 0 Å². The van der Waals surface area contributed by atoms with Crippen LogP contribution in [0.3, 0.4) is 0 Å². The fraction of sp³-hybridized carbons (Fsp3) is 0.583. The molecule has 1 N–H and O–H groups in total. The molecule has 1 unspecified atom stereocenters. The highest BCUT2D eigenvalue weighted by Crippen LogP contribution is 2.31. The molecule has 9 nitrogen and oxygen atoms in total. The monoisotopic (exact) mass is 453 g/mol. The van der Waals surface area contributed by atoms with Crippen LogP contribution < -0.4 is 5.32 Å². The van der Waals surface area contributed by atoms with Crippen molar-refractivity contribution in [3.8, 4) is 11.5 Å². The zero-order valence-electron chi connectivity index (χ0n) is 19.4. The molecule has 3 aliphatic heterocycles. The summed E-state index contributed by atoms with van der Waals surface area (Å²) in [5.74, 6) is 1.40. The molecule has 0 aliphatic carbocycles.